The molecule has 0 amide bonds. The molecule has 2 saturated carbocycles. The third-order valence-electron chi connectivity index (χ3n) is 7.02. The third kappa shape index (κ3) is 1.59. The molecule has 2 aliphatic heterocycles. The first kappa shape index (κ1) is 15.3. The van der Waals surface area contributed by atoms with Crippen LogP contribution in [0.15, 0.2) is 35.4 Å². The number of alkyl halides is 1. The third-order valence-corrected chi connectivity index (χ3v) is 7.56. The van der Waals surface area contributed by atoms with Crippen molar-refractivity contribution in [3.05, 3.63) is 35.9 Å². The highest BCUT2D eigenvalue weighted by Crippen LogP contribution is 2.71. The van der Waals surface area contributed by atoms with Crippen LogP contribution in [-0.2, 0) is 5.66 Å². The Bertz CT molecular complexity index is 699. The molecule has 5 rings (SSSR count). The average Bonchev–Trinajstić information content (AvgIpc) is 3.08. The van der Waals surface area contributed by atoms with E-state index in [1.807, 2.05) is 0 Å². The molecule has 0 N–H and O–H groups in total. The fraction of sp³-hybridized carbons (Fsp3) is 0.700. The molecule has 4 aliphatic rings. The zero-order valence-electron chi connectivity index (χ0n) is 14.8. The summed E-state index contributed by atoms with van der Waals surface area (Å²) in [6, 6.07) is 11.0. The predicted octanol–water partition coefficient (Wildman–Crippen LogP) is 5.19. The van der Waals surface area contributed by atoms with Gasteiger partial charge in [0.05, 0.1) is 0 Å². The average molecular weight is 345 g/mol. The lowest BCUT2D eigenvalue weighted by Crippen LogP contribution is -2.43. The minimum Gasteiger partial charge on any atom is -0.190 e. The molecule has 0 radical (unpaired) electrons. The molecular formula is C20H27ClN3+. The molecule has 24 heavy (non-hydrogen) atoms. The van der Waals surface area contributed by atoms with Crippen molar-refractivity contribution in [1.82, 2.24) is 4.90 Å². The molecule has 0 bridgehead atoms. The van der Waals surface area contributed by atoms with Crippen molar-refractivity contribution in [2.75, 3.05) is 0 Å². The lowest BCUT2D eigenvalue weighted by molar-refractivity contribution is -0.695. The zero-order valence-corrected chi connectivity index (χ0v) is 15.5. The summed E-state index contributed by atoms with van der Waals surface area (Å²) in [6.45, 7) is 4.77. The molecule has 2 aliphatic carbocycles. The van der Waals surface area contributed by atoms with Crippen molar-refractivity contribution in [2.24, 2.45) is 5.11 Å². The minimum atomic E-state index is -0.312. The standard InChI is InChI=1S/C20H27ClN3/c1-17(2)20(16-10-4-3-5-11-16)23(17)19(14-8-9-15-19)22-24(20)18(21)12-6-7-13-18/h3-5,10-11H,6-9,12-15H2,1-2H3/q+1. The van der Waals surface area contributed by atoms with E-state index in [9.17, 15) is 0 Å². The molecule has 128 valence electrons. The van der Waals surface area contributed by atoms with E-state index >= 15 is 0 Å². The summed E-state index contributed by atoms with van der Waals surface area (Å²) in [6.07, 6.45) is 9.44. The monoisotopic (exact) mass is 344 g/mol. The van der Waals surface area contributed by atoms with Crippen LogP contribution in [0.4, 0.5) is 0 Å². The van der Waals surface area contributed by atoms with E-state index in [4.69, 9.17) is 16.7 Å². The molecule has 2 heterocycles. The van der Waals surface area contributed by atoms with E-state index in [2.05, 4.69) is 53.8 Å². The van der Waals surface area contributed by atoms with Gasteiger partial charge in [0, 0.05) is 18.4 Å². The Morgan fingerprint density at radius 1 is 0.958 bits per heavy atom. The SMILES string of the molecule is CC1(C)N2C3(CCCC3)N=[N+](C3(Cl)CCCC3)C21c1ccccc1. The topological polar surface area (TPSA) is 18.4 Å². The molecule has 3 fully saturated rings. The Labute approximate surface area is 149 Å². The van der Waals surface area contributed by atoms with Gasteiger partial charge in [0.25, 0.3) is 10.7 Å². The maximum atomic E-state index is 7.23. The number of hydrogen-bond acceptors (Lipinski definition) is 2. The second-order valence-corrected chi connectivity index (χ2v) is 9.36. The van der Waals surface area contributed by atoms with E-state index in [1.165, 1.54) is 44.1 Å². The van der Waals surface area contributed by atoms with Gasteiger partial charge in [-0.05, 0) is 69.1 Å². The fourth-order valence-electron chi connectivity index (χ4n) is 6.09. The minimum absolute atomic E-state index is 0.0240. The summed E-state index contributed by atoms with van der Waals surface area (Å²) in [5.74, 6) is 0. The van der Waals surface area contributed by atoms with Gasteiger partial charge in [-0.2, -0.15) is 4.90 Å². The highest BCUT2D eigenvalue weighted by molar-refractivity contribution is 6.22. The van der Waals surface area contributed by atoms with E-state index in [0.717, 1.165) is 12.8 Å². The van der Waals surface area contributed by atoms with Gasteiger partial charge < -0.3 is 0 Å². The van der Waals surface area contributed by atoms with Gasteiger partial charge in [0.2, 0.25) is 0 Å². The highest BCUT2D eigenvalue weighted by Gasteiger charge is 2.91. The van der Waals surface area contributed by atoms with Crippen LogP contribution >= 0.6 is 11.6 Å². The number of halogens is 1. The zero-order chi connectivity index (χ0) is 16.6. The maximum absolute atomic E-state index is 7.23. The van der Waals surface area contributed by atoms with Crippen LogP contribution in [0.25, 0.3) is 0 Å². The lowest BCUT2D eigenvalue weighted by atomic mass is 9.94. The molecular weight excluding hydrogens is 318 g/mol. The highest BCUT2D eigenvalue weighted by atomic mass is 35.5. The smallest absolute Gasteiger partial charge is 0.190 e. The number of hydrogen-bond donors (Lipinski definition) is 0. The van der Waals surface area contributed by atoms with Crippen LogP contribution in [0.3, 0.4) is 0 Å². The van der Waals surface area contributed by atoms with Gasteiger partial charge in [0.1, 0.15) is 5.54 Å². The van der Waals surface area contributed by atoms with Crippen molar-refractivity contribution >= 4 is 11.6 Å². The van der Waals surface area contributed by atoms with Gasteiger partial charge in [-0.1, -0.05) is 35.0 Å². The summed E-state index contributed by atoms with van der Waals surface area (Å²) in [7, 11) is 0. The van der Waals surface area contributed by atoms with Crippen LogP contribution in [0.2, 0.25) is 0 Å². The lowest BCUT2D eigenvalue weighted by Gasteiger charge is -2.24. The molecule has 2 atom stereocenters. The molecule has 1 aromatic carbocycles. The Morgan fingerprint density at radius 3 is 2.17 bits per heavy atom. The van der Waals surface area contributed by atoms with Gasteiger partial charge in [-0.25, -0.2) is 0 Å². The molecule has 1 spiro atoms. The normalized spacial score (nSPS) is 37.5. The van der Waals surface area contributed by atoms with Crippen molar-refractivity contribution in [2.45, 2.75) is 87.1 Å². The Balaban J connectivity index is 1.73. The van der Waals surface area contributed by atoms with Crippen LogP contribution in [0.1, 0.15) is 70.8 Å². The second kappa shape index (κ2) is 4.62. The second-order valence-electron chi connectivity index (χ2n) is 8.66. The van der Waals surface area contributed by atoms with Crippen LogP contribution in [-0.4, -0.2) is 25.8 Å². The molecule has 4 heteroatoms. The van der Waals surface area contributed by atoms with Gasteiger partial charge >= 0.3 is 0 Å². The Morgan fingerprint density at radius 2 is 1.54 bits per heavy atom. The van der Waals surface area contributed by atoms with Crippen LogP contribution in [0, 0.1) is 0 Å². The molecule has 0 aromatic heterocycles. The molecule has 3 nitrogen and oxygen atoms in total. The van der Waals surface area contributed by atoms with E-state index in [-0.39, 0.29) is 21.9 Å². The predicted molar refractivity (Wildman–Crippen MR) is 95.0 cm³/mol. The van der Waals surface area contributed by atoms with Gasteiger partial charge in [0.15, 0.2) is 5.66 Å². The quantitative estimate of drug-likeness (QED) is 0.312. The van der Waals surface area contributed by atoms with E-state index in [1.54, 1.807) is 0 Å². The first-order chi connectivity index (χ1) is 11.5. The summed E-state index contributed by atoms with van der Waals surface area (Å²) in [5, 5.41) is 5.38. The number of fused-ring (bicyclic) bond motifs is 2. The van der Waals surface area contributed by atoms with Crippen molar-refractivity contribution < 1.29 is 4.70 Å². The summed E-state index contributed by atoms with van der Waals surface area (Å²) in [4.78, 5) is 2.38. The van der Waals surface area contributed by atoms with Crippen LogP contribution < -0.4 is 0 Å². The van der Waals surface area contributed by atoms with Gasteiger partial charge in [-0.3, -0.25) is 0 Å². The summed E-state index contributed by atoms with van der Waals surface area (Å²) < 4.78 is 2.37. The summed E-state index contributed by atoms with van der Waals surface area (Å²) >= 11 is 7.23. The Kier molecular flexibility index (Phi) is 2.95. The number of rotatable bonds is 2. The van der Waals surface area contributed by atoms with Crippen molar-refractivity contribution in [3.8, 4) is 0 Å². The number of benzene rings is 1. The van der Waals surface area contributed by atoms with Crippen molar-refractivity contribution in [3.63, 3.8) is 0 Å². The molecule has 2 unspecified atom stereocenters. The molecule has 1 saturated heterocycles. The number of azo groups is 2. The van der Waals surface area contributed by atoms with Crippen molar-refractivity contribution in [1.29, 1.82) is 0 Å². The fourth-order valence-corrected chi connectivity index (χ4v) is 6.52. The maximum Gasteiger partial charge on any atom is 0.292 e. The largest absolute Gasteiger partial charge is 0.292 e. The van der Waals surface area contributed by atoms with E-state index < -0.39 is 0 Å². The summed E-state index contributed by atoms with van der Waals surface area (Å²) in [5.41, 5.74) is 1.24. The van der Waals surface area contributed by atoms with Crippen LogP contribution in [0.5, 0.6) is 0 Å². The Hall–Kier alpha value is -0.930. The van der Waals surface area contributed by atoms with E-state index in [0.29, 0.717) is 0 Å². The number of nitrogens with zero attached hydrogens (tertiary/aromatic N) is 3. The first-order valence-corrected chi connectivity index (χ1v) is 9.93. The molecule has 1 aromatic rings. The first-order valence-electron chi connectivity index (χ1n) is 9.56. The van der Waals surface area contributed by atoms with Gasteiger partial charge in [-0.15, -0.1) is 0 Å².